The molecule has 3 heterocycles. The van der Waals surface area contributed by atoms with Crippen molar-refractivity contribution in [2.45, 2.75) is 19.3 Å². The van der Waals surface area contributed by atoms with Gasteiger partial charge in [-0.3, -0.25) is 4.57 Å². The Kier molecular flexibility index (Phi) is 7.04. The van der Waals surface area contributed by atoms with Crippen LogP contribution in [0.1, 0.15) is 25.0 Å². The van der Waals surface area contributed by atoms with Gasteiger partial charge in [-0.2, -0.15) is 0 Å². The lowest BCUT2D eigenvalue weighted by Crippen LogP contribution is -2.15. The summed E-state index contributed by atoms with van der Waals surface area (Å²) in [6.07, 6.45) is 0. The maximum Gasteiger partial charge on any atom is 0.235 e. The van der Waals surface area contributed by atoms with Crippen molar-refractivity contribution in [2.75, 3.05) is 0 Å². The Hall–Kier alpha value is -7.82. The molecule has 3 aromatic heterocycles. The first-order valence-corrected chi connectivity index (χ1v) is 21.1. The predicted octanol–water partition coefficient (Wildman–Crippen LogP) is 14.6. The first-order valence-electron chi connectivity index (χ1n) is 21.1. The molecule has 1 aliphatic carbocycles. The van der Waals surface area contributed by atoms with Crippen LogP contribution in [0.15, 0.2) is 194 Å². The molecule has 0 saturated carbocycles. The molecule has 0 spiro atoms. The van der Waals surface area contributed by atoms with Crippen molar-refractivity contribution in [1.29, 1.82) is 0 Å². The van der Waals surface area contributed by atoms with Crippen molar-refractivity contribution in [3.63, 3.8) is 0 Å². The highest BCUT2D eigenvalue weighted by Gasteiger charge is 2.35. The highest BCUT2D eigenvalue weighted by Crippen LogP contribution is 2.50. The van der Waals surface area contributed by atoms with Gasteiger partial charge in [0.25, 0.3) is 0 Å². The normalized spacial score (nSPS) is 13.2. The number of benzene rings is 9. The zero-order valence-corrected chi connectivity index (χ0v) is 33.8. The van der Waals surface area contributed by atoms with Gasteiger partial charge in [-0.25, -0.2) is 9.97 Å². The van der Waals surface area contributed by atoms with E-state index in [4.69, 9.17) is 9.97 Å². The highest BCUT2D eigenvalue weighted by atomic mass is 15.2. The van der Waals surface area contributed by atoms with Gasteiger partial charge in [0.15, 0.2) is 0 Å². The van der Waals surface area contributed by atoms with Crippen molar-refractivity contribution < 1.29 is 0 Å². The van der Waals surface area contributed by atoms with Crippen LogP contribution < -0.4 is 0 Å². The van der Waals surface area contributed by atoms with E-state index in [1.54, 1.807) is 0 Å². The second-order valence-electron chi connectivity index (χ2n) is 17.0. The van der Waals surface area contributed by atoms with E-state index in [1.807, 2.05) is 0 Å². The van der Waals surface area contributed by atoms with E-state index in [9.17, 15) is 0 Å². The molecule has 61 heavy (non-hydrogen) atoms. The molecular formula is C57H38N4. The Morgan fingerprint density at radius 1 is 0.393 bits per heavy atom. The van der Waals surface area contributed by atoms with Crippen LogP contribution in [0, 0.1) is 0 Å². The lowest BCUT2D eigenvalue weighted by Gasteiger charge is -2.22. The topological polar surface area (TPSA) is 35.6 Å². The highest BCUT2D eigenvalue weighted by molar-refractivity contribution is 6.22. The van der Waals surface area contributed by atoms with E-state index < -0.39 is 0 Å². The van der Waals surface area contributed by atoms with Crippen LogP contribution in [-0.2, 0) is 5.41 Å². The minimum absolute atomic E-state index is 0.119. The summed E-state index contributed by atoms with van der Waals surface area (Å²) in [6, 6.07) is 70.6. The molecule has 0 aliphatic heterocycles. The van der Waals surface area contributed by atoms with E-state index in [2.05, 4.69) is 217 Å². The van der Waals surface area contributed by atoms with E-state index in [-0.39, 0.29) is 5.41 Å². The lowest BCUT2D eigenvalue weighted by molar-refractivity contribution is 0.660. The standard InChI is InChI=1S/C57H38N4/c1-57(2)47-20-10-6-16-40(47)41-29-27-38(33-48(41)57)55-44-18-7-11-21-49(44)58-56(59-55)61-51-23-13-9-19-45(51)54-46-32-36(25-24-35(46)28-31-52(54)61)37-26-30-43-42-17-8-12-22-50(42)60(53(43)34-37)39-14-4-3-5-15-39/h3-34H,1-2H3. The smallest absolute Gasteiger partial charge is 0.235 e. The summed E-state index contributed by atoms with van der Waals surface area (Å²) in [5, 5.41) is 8.32. The molecule has 0 unspecified atom stereocenters. The second kappa shape index (κ2) is 12.6. The Balaban J connectivity index is 1.01. The number of para-hydroxylation sites is 4. The quantitative estimate of drug-likeness (QED) is 0.178. The van der Waals surface area contributed by atoms with E-state index in [0.717, 1.165) is 38.9 Å². The fourth-order valence-corrected chi connectivity index (χ4v) is 10.4. The van der Waals surface area contributed by atoms with Crippen LogP contribution in [-0.4, -0.2) is 19.1 Å². The zero-order valence-electron chi connectivity index (χ0n) is 33.8. The molecule has 12 aromatic rings. The summed E-state index contributed by atoms with van der Waals surface area (Å²) >= 11 is 0. The average molecular weight is 779 g/mol. The molecule has 0 radical (unpaired) electrons. The number of nitrogens with zero attached hydrogens (tertiary/aromatic N) is 4. The lowest BCUT2D eigenvalue weighted by atomic mass is 9.82. The molecule has 0 atom stereocenters. The van der Waals surface area contributed by atoms with Crippen LogP contribution in [0.2, 0.25) is 0 Å². The van der Waals surface area contributed by atoms with Gasteiger partial charge in [0, 0.05) is 43.6 Å². The SMILES string of the molecule is CC1(C)c2ccccc2-c2ccc(-c3nc(-n4c5ccccc5c5c6cc(-c7ccc8c9ccccc9n(-c9ccccc9)c8c7)ccc6ccc54)nc4ccccc34)cc21. The fraction of sp³-hybridized carbons (Fsp3) is 0.0526. The number of hydrogen-bond acceptors (Lipinski definition) is 2. The molecule has 0 amide bonds. The van der Waals surface area contributed by atoms with Gasteiger partial charge in [0.05, 0.1) is 33.3 Å². The molecular weight excluding hydrogens is 741 g/mol. The van der Waals surface area contributed by atoms with Gasteiger partial charge in [0.2, 0.25) is 5.95 Å². The van der Waals surface area contributed by atoms with Crippen molar-refractivity contribution in [3.05, 3.63) is 205 Å². The fourth-order valence-electron chi connectivity index (χ4n) is 10.4. The summed E-state index contributed by atoms with van der Waals surface area (Å²) in [5.74, 6) is 0.664. The molecule has 1 aliphatic rings. The van der Waals surface area contributed by atoms with E-state index >= 15 is 0 Å². The Morgan fingerprint density at radius 2 is 1.03 bits per heavy atom. The maximum absolute atomic E-state index is 5.51. The van der Waals surface area contributed by atoms with Crippen LogP contribution >= 0.6 is 0 Å². The van der Waals surface area contributed by atoms with E-state index in [0.29, 0.717) is 5.95 Å². The molecule has 4 nitrogen and oxygen atoms in total. The largest absolute Gasteiger partial charge is 0.309 e. The average Bonchev–Trinajstić information content (AvgIpc) is 3.91. The Bertz CT molecular complexity index is 3790. The van der Waals surface area contributed by atoms with Crippen molar-refractivity contribution in [2.24, 2.45) is 0 Å². The van der Waals surface area contributed by atoms with Gasteiger partial charge in [0.1, 0.15) is 0 Å². The van der Waals surface area contributed by atoms with Crippen LogP contribution in [0.4, 0.5) is 0 Å². The third kappa shape index (κ3) is 4.87. The maximum atomic E-state index is 5.51. The van der Waals surface area contributed by atoms with Crippen molar-refractivity contribution >= 4 is 65.3 Å². The molecule has 0 fully saturated rings. The Labute approximate surface area is 352 Å². The number of rotatable bonds is 4. The van der Waals surface area contributed by atoms with E-state index in [1.165, 1.54) is 76.7 Å². The minimum Gasteiger partial charge on any atom is -0.309 e. The van der Waals surface area contributed by atoms with Gasteiger partial charge in [-0.1, -0.05) is 153 Å². The molecule has 0 N–H and O–H groups in total. The van der Waals surface area contributed by atoms with Crippen LogP contribution in [0.3, 0.4) is 0 Å². The predicted molar refractivity (Wildman–Crippen MR) is 254 cm³/mol. The molecule has 286 valence electrons. The summed E-state index contributed by atoms with van der Waals surface area (Å²) in [6.45, 7) is 4.67. The zero-order chi connectivity index (χ0) is 40.4. The first-order chi connectivity index (χ1) is 30.0. The van der Waals surface area contributed by atoms with Gasteiger partial charge in [-0.05, 0) is 98.8 Å². The number of fused-ring (bicyclic) bond motifs is 12. The number of hydrogen-bond donors (Lipinski definition) is 0. The van der Waals surface area contributed by atoms with Crippen LogP contribution in [0.5, 0.6) is 0 Å². The first kappa shape index (κ1) is 34.1. The summed E-state index contributed by atoms with van der Waals surface area (Å²) in [4.78, 5) is 10.8. The summed E-state index contributed by atoms with van der Waals surface area (Å²) in [7, 11) is 0. The van der Waals surface area contributed by atoms with Gasteiger partial charge < -0.3 is 4.57 Å². The Morgan fingerprint density at radius 3 is 1.90 bits per heavy atom. The monoisotopic (exact) mass is 778 g/mol. The molecule has 0 bridgehead atoms. The summed E-state index contributed by atoms with van der Waals surface area (Å²) < 4.78 is 4.66. The van der Waals surface area contributed by atoms with Crippen LogP contribution in [0.25, 0.3) is 110 Å². The minimum atomic E-state index is -0.119. The molecule has 13 rings (SSSR count). The number of aromatic nitrogens is 4. The third-order valence-electron chi connectivity index (χ3n) is 13.3. The summed E-state index contributed by atoms with van der Waals surface area (Å²) in [5.41, 5.74) is 16.2. The third-order valence-corrected chi connectivity index (χ3v) is 13.3. The molecule has 9 aromatic carbocycles. The van der Waals surface area contributed by atoms with Gasteiger partial charge >= 0.3 is 0 Å². The van der Waals surface area contributed by atoms with Gasteiger partial charge in [-0.15, -0.1) is 0 Å². The van der Waals surface area contributed by atoms with Crippen molar-refractivity contribution in [1.82, 2.24) is 19.1 Å². The molecule has 4 heteroatoms. The molecule has 0 saturated heterocycles. The second-order valence-corrected chi connectivity index (χ2v) is 17.0. The van der Waals surface area contributed by atoms with Crippen molar-refractivity contribution in [3.8, 4) is 45.1 Å².